The number of nitrogens with zero attached hydrogens (tertiary/aromatic N) is 1. The Labute approximate surface area is 199 Å². The third-order valence-electron chi connectivity index (χ3n) is 5.28. The van der Waals surface area contributed by atoms with Crippen LogP contribution in [0.15, 0.2) is 71.6 Å². The van der Waals surface area contributed by atoms with Crippen molar-refractivity contribution in [1.82, 2.24) is 0 Å². The molecule has 0 radical (unpaired) electrons. The molecule has 0 saturated carbocycles. The zero-order valence-electron chi connectivity index (χ0n) is 19.5. The van der Waals surface area contributed by atoms with E-state index in [9.17, 15) is 18.0 Å². The van der Waals surface area contributed by atoms with Crippen LogP contribution in [0.1, 0.15) is 18.1 Å². The number of benzene rings is 3. The van der Waals surface area contributed by atoms with Crippen molar-refractivity contribution in [3.63, 3.8) is 0 Å². The predicted molar refractivity (Wildman–Crippen MR) is 133 cm³/mol. The van der Waals surface area contributed by atoms with E-state index in [-0.39, 0.29) is 23.3 Å². The summed E-state index contributed by atoms with van der Waals surface area (Å²) in [4.78, 5) is 23.5. The van der Waals surface area contributed by atoms with Gasteiger partial charge in [0.25, 0.3) is 15.9 Å². The van der Waals surface area contributed by atoms with Crippen molar-refractivity contribution in [2.45, 2.75) is 25.7 Å². The molecule has 0 bridgehead atoms. The highest BCUT2D eigenvalue weighted by Gasteiger charge is 2.21. The Morgan fingerprint density at radius 1 is 0.912 bits per heavy atom. The number of sulfonamides is 1. The molecule has 0 aromatic heterocycles. The second-order valence-electron chi connectivity index (χ2n) is 7.76. The molecule has 0 fully saturated rings. The van der Waals surface area contributed by atoms with Crippen molar-refractivity contribution >= 4 is 38.9 Å². The van der Waals surface area contributed by atoms with Crippen LogP contribution in [0.2, 0.25) is 0 Å². The van der Waals surface area contributed by atoms with Crippen LogP contribution in [-0.2, 0) is 19.6 Å². The Morgan fingerprint density at radius 2 is 1.56 bits per heavy atom. The number of hydrogen-bond acceptors (Lipinski definition) is 5. The Kier molecular flexibility index (Phi) is 7.57. The van der Waals surface area contributed by atoms with E-state index in [0.29, 0.717) is 17.1 Å². The van der Waals surface area contributed by atoms with Gasteiger partial charge in [-0.2, -0.15) is 0 Å². The highest BCUT2D eigenvalue weighted by Crippen LogP contribution is 2.25. The molecule has 0 atom stereocenters. The minimum absolute atomic E-state index is 0.0903. The maximum atomic E-state index is 12.9. The summed E-state index contributed by atoms with van der Waals surface area (Å²) in [7, 11) is -2.35. The van der Waals surface area contributed by atoms with Crippen molar-refractivity contribution in [2.75, 3.05) is 28.6 Å². The molecule has 0 aliphatic rings. The van der Waals surface area contributed by atoms with Crippen molar-refractivity contribution in [3.8, 4) is 5.75 Å². The van der Waals surface area contributed by atoms with E-state index < -0.39 is 10.0 Å². The third kappa shape index (κ3) is 5.93. The Bertz CT molecular complexity index is 1290. The minimum atomic E-state index is -3.80. The molecule has 0 unspecified atom stereocenters. The van der Waals surface area contributed by atoms with Gasteiger partial charge < -0.3 is 15.4 Å². The standard InChI is InChI=1S/C25H27N3O5S/c1-17-6-5-7-24(18(17)2)27-25(30)16-33-22-12-10-21(11-13-22)28(4)34(31,32)23-14-8-20(9-15-23)26-19(3)29/h5-15H,16H2,1-4H3,(H,26,29)(H,27,30). The van der Waals surface area contributed by atoms with E-state index in [2.05, 4.69) is 10.6 Å². The molecule has 0 aliphatic carbocycles. The first kappa shape index (κ1) is 24.8. The molecule has 0 aliphatic heterocycles. The van der Waals surface area contributed by atoms with E-state index in [4.69, 9.17) is 4.74 Å². The molecule has 8 nitrogen and oxygen atoms in total. The summed E-state index contributed by atoms with van der Waals surface area (Å²) in [6.07, 6.45) is 0. The fourth-order valence-electron chi connectivity index (χ4n) is 3.18. The number of carbonyl (C=O) groups excluding carboxylic acids is 2. The van der Waals surface area contributed by atoms with E-state index in [1.807, 2.05) is 32.0 Å². The molecule has 3 aromatic rings. The average molecular weight is 482 g/mol. The van der Waals surface area contributed by atoms with Gasteiger partial charge in [0.2, 0.25) is 5.91 Å². The van der Waals surface area contributed by atoms with Crippen LogP contribution < -0.4 is 19.7 Å². The lowest BCUT2D eigenvalue weighted by atomic mass is 10.1. The second-order valence-corrected chi connectivity index (χ2v) is 9.73. The number of amides is 2. The smallest absolute Gasteiger partial charge is 0.264 e. The van der Waals surface area contributed by atoms with Crippen LogP contribution in [0, 0.1) is 13.8 Å². The van der Waals surface area contributed by atoms with Crippen molar-refractivity contribution in [3.05, 3.63) is 77.9 Å². The Balaban J connectivity index is 1.62. The van der Waals surface area contributed by atoms with Gasteiger partial charge in [-0.25, -0.2) is 8.42 Å². The fourth-order valence-corrected chi connectivity index (χ4v) is 4.38. The summed E-state index contributed by atoms with van der Waals surface area (Å²) in [6.45, 7) is 5.11. The summed E-state index contributed by atoms with van der Waals surface area (Å²) >= 11 is 0. The van der Waals surface area contributed by atoms with Gasteiger partial charge in [-0.15, -0.1) is 0 Å². The van der Waals surface area contributed by atoms with E-state index in [1.54, 1.807) is 24.3 Å². The van der Waals surface area contributed by atoms with E-state index >= 15 is 0 Å². The number of nitrogens with one attached hydrogen (secondary N) is 2. The van der Waals surface area contributed by atoms with Gasteiger partial charge in [0.05, 0.1) is 10.6 Å². The zero-order valence-corrected chi connectivity index (χ0v) is 20.3. The quantitative estimate of drug-likeness (QED) is 0.504. The maximum Gasteiger partial charge on any atom is 0.264 e. The Morgan fingerprint density at radius 3 is 2.18 bits per heavy atom. The summed E-state index contributed by atoms with van der Waals surface area (Å²) < 4.78 is 32.6. The number of ether oxygens (including phenoxy) is 1. The molecule has 0 heterocycles. The molecule has 9 heteroatoms. The predicted octanol–water partition coefficient (Wildman–Crippen LogP) is 4.10. The van der Waals surface area contributed by atoms with Gasteiger partial charge in [-0.3, -0.25) is 13.9 Å². The maximum absolute atomic E-state index is 12.9. The third-order valence-corrected chi connectivity index (χ3v) is 7.08. The van der Waals surface area contributed by atoms with Crippen LogP contribution in [-0.4, -0.2) is 33.9 Å². The van der Waals surface area contributed by atoms with Crippen molar-refractivity contribution in [2.24, 2.45) is 0 Å². The first-order chi connectivity index (χ1) is 16.1. The fraction of sp³-hybridized carbons (Fsp3) is 0.200. The summed E-state index contributed by atoms with van der Waals surface area (Å²) in [5, 5.41) is 5.43. The van der Waals surface area contributed by atoms with Crippen molar-refractivity contribution in [1.29, 1.82) is 0 Å². The SMILES string of the molecule is CC(=O)Nc1ccc(S(=O)(=O)N(C)c2ccc(OCC(=O)Nc3cccc(C)c3C)cc2)cc1. The molecule has 0 saturated heterocycles. The lowest BCUT2D eigenvalue weighted by Gasteiger charge is -2.20. The summed E-state index contributed by atoms with van der Waals surface area (Å²) in [5.74, 6) is -0.0942. The second kappa shape index (κ2) is 10.4. The lowest BCUT2D eigenvalue weighted by Crippen LogP contribution is -2.26. The molecular weight excluding hydrogens is 454 g/mol. The topological polar surface area (TPSA) is 105 Å². The van der Waals surface area contributed by atoms with Crippen LogP contribution in [0.4, 0.5) is 17.1 Å². The summed E-state index contributed by atoms with van der Waals surface area (Å²) in [6, 6.07) is 18.0. The average Bonchev–Trinajstić information content (AvgIpc) is 2.80. The van der Waals surface area contributed by atoms with Crippen LogP contribution in [0.5, 0.6) is 5.75 Å². The highest BCUT2D eigenvalue weighted by atomic mass is 32.2. The molecule has 3 aromatic carbocycles. The summed E-state index contributed by atoms with van der Waals surface area (Å²) in [5.41, 5.74) is 3.75. The van der Waals surface area contributed by atoms with E-state index in [0.717, 1.165) is 21.1 Å². The number of carbonyl (C=O) groups is 2. The molecule has 2 N–H and O–H groups in total. The van der Waals surface area contributed by atoms with Gasteiger partial charge in [0.1, 0.15) is 5.75 Å². The minimum Gasteiger partial charge on any atom is -0.484 e. The Hall–Kier alpha value is -3.85. The number of aryl methyl sites for hydroxylation is 1. The number of anilines is 3. The lowest BCUT2D eigenvalue weighted by molar-refractivity contribution is -0.118. The molecule has 178 valence electrons. The first-order valence-electron chi connectivity index (χ1n) is 10.5. The normalized spacial score (nSPS) is 10.9. The monoisotopic (exact) mass is 481 g/mol. The largest absolute Gasteiger partial charge is 0.484 e. The van der Waals surface area contributed by atoms with E-state index in [1.165, 1.54) is 38.2 Å². The molecule has 0 spiro atoms. The number of hydrogen-bond donors (Lipinski definition) is 2. The zero-order chi connectivity index (χ0) is 24.9. The molecule has 3 rings (SSSR count). The highest BCUT2D eigenvalue weighted by molar-refractivity contribution is 7.92. The van der Waals surface area contributed by atoms with Gasteiger partial charge in [-0.05, 0) is 79.6 Å². The van der Waals surface area contributed by atoms with Gasteiger partial charge in [-0.1, -0.05) is 12.1 Å². The van der Waals surface area contributed by atoms with Gasteiger partial charge >= 0.3 is 0 Å². The van der Waals surface area contributed by atoms with Crippen molar-refractivity contribution < 1.29 is 22.7 Å². The molecule has 34 heavy (non-hydrogen) atoms. The van der Waals surface area contributed by atoms with Gasteiger partial charge in [0.15, 0.2) is 6.61 Å². The van der Waals surface area contributed by atoms with Crippen LogP contribution >= 0.6 is 0 Å². The van der Waals surface area contributed by atoms with Gasteiger partial charge in [0, 0.05) is 25.3 Å². The molecule has 2 amide bonds. The molecular formula is C25H27N3O5S. The first-order valence-corrected chi connectivity index (χ1v) is 12.0. The van der Waals surface area contributed by atoms with Crippen LogP contribution in [0.25, 0.3) is 0 Å². The van der Waals surface area contributed by atoms with Crippen LogP contribution in [0.3, 0.4) is 0 Å². The number of rotatable bonds is 8.